The molecule has 1 aromatic heterocycles. The average molecular weight is 411 g/mol. The molecule has 0 spiro atoms. The maximum Gasteiger partial charge on any atom is 0.208 e. The van der Waals surface area contributed by atoms with Crippen molar-refractivity contribution in [2.75, 3.05) is 45.0 Å². The van der Waals surface area contributed by atoms with E-state index >= 15 is 0 Å². The van der Waals surface area contributed by atoms with Crippen LogP contribution in [0, 0.1) is 11.7 Å². The van der Waals surface area contributed by atoms with Gasteiger partial charge < -0.3 is 14.4 Å². The standard InChI is InChI=1S/C19H26FN3O4S/c1-26-17-10-14-15(11-18(17)27-2)19(21-12-16(14)20)23-8-5-13(6-9-23)4-7-22-28(3,24)25/h10-13,22H,4-9H2,1-3H3. The van der Waals surface area contributed by atoms with Crippen molar-refractivity contribution in [1.82, 2.24) is 9.71 Å². The molecule has 2 aromatic rings. The van der Waals surface area contributed by atoms with Crippen molar-refractivity contribution in [3.8, 4) is 11.5 Å². The minimum Gasteiger partial charge on any atom is -0.493 e. The molecular weight excluding hydrogens is 385 g/mol. The molecule has 0 aliphatic carbocycles. The summed E-state index contributed by atoms with van der Waals surface area (Å²) in [5.74, 6) is 1.78. The summed E-state index contributed by atoms with van der Waals surface area (Å²) in [6.07, 6.45) is 5.08. The molecule has 154 valence electrons. The van der Waals surface area contributed by atoms with Gasteiger partial charge in [0, 0.05) is 30.4 Å². The fourth-order valence-electron chi connectivity index (χ4n) is 3.65. The minimum atomic E-state index is -3.15. The lowest BCUT2D eigenvalue weighted by atomic mass is 9.93. The molecule has 1 aliphatic rings. The van der Waals surface area contributed by atoms with Crippen molar-refractivity contribution in [3.05, 3.63) is 24.1 Å². The number of nitrogens with one attached hydrogen (secondary N) is 1. The number of nitrogens with zero attached hydrogens (tertiary/aromatic N) is 2. The third-order valence-electron chi connectivity index (χ3n) is 5.15. The Morgan fingerprint density at radius 1 is 1.18 bits per heavy atom. The van der Waals surface area contributed by atoms with E-state index < -0.39 is 15.8 Å². The number of ether oxygens (including phenoxy) is 2. The van der Waals surface area contributed by atoms with E-state index in [-0.39, 0.29) is 0 Å². The van der Waals surface area contributed by atoms with Gasteiger partial charge in [0.1, 0.15) is 11.6 Å². The number of benzene rings is 1. The fourth-order valence-corrected chi connectivity index (χ4v) is 4.14. The van der Waals surface area contributed by atoms with E-state index in [1.54, 1.807) is 19.2 Å². The number of fused-ring (bicyclic) bond motifs is 1. The average Bonchev–Trinajstić information content (AvgIpc) is 2.67. The van der Waals surface area contributed by atoms with Crippen LogP contribution in [0.15, 0.2) is 18.3 Å². The molecule has 2 heterocycles. The van der Waals surface area contributed by atoms with Gasteiger partial charge in [0.05, 0.1) is 26.7 Å². The Balaban J connectivity index is 1.77. The Morgan fingerprint density at radius 3 is 2.36 bits per heavy atom. The summed E-state index contributed by atoms with van der Waals surface area (Å²) in [6.45, 7) is 2.02. The van der Waals surface area contributed by atoms with Gasteiger partial charge in [-0.1, -0.05) is 0 Å². The summed E-state index contributed by atoms with van der Waals surface area (Å²) in [6, 6.07) is 3.40. The summed E-state index contributed by atoms with van der Waals surface area (Å²) in [5.41, 5.74) is 0. The van der Waals surface area contributed by atoms with Crippen LogP contribution in [0.25, 0.3) is 10.8 Å². The summed E-state index contributed by atoms with van der Waals surface area (Å²) in [7, 11) is -0.0789. The predicted molar refractivity (Wildman–Crippen MR) is 107 cm³/mol. The lowest BCUT2D eigenvalue weighted by Gasteiger charge is -2.33. The van der Waals surface area contributed by atoms with Crippen molar-refractivity contribution < 1.29 is 22.3 Å². The summed E-state index contributed by atoms with van der Waals surface area (Å²) in [4.78, 5) is 6.49. The number of piperidine rings is 1. The van der Waals surface area contributed by atoms with Gasteiger partial charge in [-0.15, -0.1) is 0 Å². The van der Waals surface area contributed by atoms with Crippen molar-refractivity contribution in [2.24, 2.45) is 5.92 Å². The highest BCUT2D eigenvalue weighted by Gasteiger charge is 2.23. The topological polar surface area (TPSA) is 80.8 Å². The van der Waals surface area contributed by atoms with E-state index in [1.165, 1.54) is 19.6 Å². The normalized spacial score (nSPS) is 15.8. The van der Waals surface area contributed by atoms with E-state index in [9.17, 15) is 12.8 Å². The first-order valence-corrected chi connectivity index (χ1v) is 11.1. The monoisotopic (exact) mass is 411 g/mol. The summed E-state index contributed by atoms with van der Waals surface area (Å²) < 4.78 is 49.9. The van der Waals surface area contributed by atoms with Crippen molar-refractivity contribution >= 4 is 26.6 Å². The zero-order chi connectivity index (χ0) is 20.3. The zero-order valence-corrected chi connectivity index (χ0v) is 17.2. The highest BCUT2D eigenvalue weighted by Crippen LogP contribution is 2.37. The Hall–Kier alpha value is -2.13. The van der Waals surface area contributed by atoms with E-state index in [0.29, 0.717) is 34.7 Å². The number of pyridine rings is 1. The van der Waals surface area contributed by atoms with Crippen LogP contribution in [0.5, 0.6) is 11.5 Å². The Morgan fingerprint density at radius 2 is 1.79 bits per heavy atom. The van der Waals surface area contributed by atoms with E-state index in [0.717, 1.165) is 38.2 Å². The first kappa shape index (κ1) is 20.6. The highest BCUT2D eigenvalue weighted by molar-refractivity contribution is 7.88. The molecule has 0 atom stereocenters. The predicted octanol–water partition coefficient (Wildman–Crippen LogP) is 2.55. The Labute approximate surface area is 164 Å². The molecule has 9 heteroatoms. The maximum absolute atomic E-state index is 14.3. The first-order valence-electron chi connectivity index (χ1n) is 9.22. The third kappa shape index (κ3) is 4.64. The van der Waals surface area contributed by atoms with Crippen LogP contribution in [0.4, 0.5) is 10.2 Å². The molecule has 1 aromatic carbocycles. The van der Waals surface area contributed by atoms with Crippen LogP contribution in [0.3, 0.4) is 0 Å². The zero-order valence-electron chi connectivity index (χ0n) is 16.4. The number of methoxy groups -OCH3 is 2. The number of aromatic nitrogens is 1. The number of sulfonamides is 1. The Kier molecular flexibility index (Phi) is 6.24. The summed E-state index contributed by atoms with van der Waals surface area (Å²) >= 11 is 0. The van der Waals surface area contributed by atoms with Gasteiger partial charge >= 0.3 is 0 Å². The van der Waals surface area contributed by atoms with Gasteiger partial charge in [0.15, 0.2) is 11.5 Å². The van der Waals surface area contributed by atoms with Gasteiger partial charge in [-0.3, -0.25) is 0 Å². The van der Waals surface area contributed by atoms with Gasteiger partial charge in [-0.25, -0.2) is 22.5 Å². The molecule has 0 radical (unpaired) electrons. The van der Waals surface area contributed by atoms with E-state index in [1.807, 2.05) is 0 Å². The quantitative estimate of drug-likeness (QED) is 0.754. The largest absolute Gasteiger partial charge is 0.493 e. The molecule has 0 amide bonds. The smallest absolute Gasteiger partial charge is 0.208 e. The molecule has 1 fully saturated rings. The first-order chi connectivity index (χ1) is 13.3. The number of halogens is 1. The second kappa shape index (κ2) is 8.48. The fraction of sp³-hybridized carbons (Fsp3) is 0.526. The van der Waals surface area contributed by atoms with Crippen LogP contribution in [0.1, 0.15) is 19.3 Å². The van der Waals surface area contributed by atoms with Crippen LogP contribution < -0.4 is 19.1 Å². The van der Waals surface area contributed by atoms with Gasteiger partial charge in [0.25, 0.3) is 0 Å². The molecule has 0 unspecified atom stereocenters. The van der Waals surface area contributed by atoms with Crippen molar-refractivity contribution in [1.29, 1.82) is 0 Å². The Bertz CT molecular complexity index is 944. The molecule has 1 aliphatic heterocycles. The molecule has 3 rings (SSSR count). The second-order valence-corrected chi connectivity index (χ2v) is 8.90. The lowest BCUT2D eigenvalue weighted by Crippen LogP contribution is -2.35. The molecular formula is C19H26FN3O4S. The van der Waals surface area contributed by atoms with E-state index in [2.05, 4.69) is 14.6 Å². The van der Waals surface area contributed by atoms with Crippen molar-refractivity contribution in [3.63, 3.8) is 0 Å². The number of hydrogen-bond acceptors (Lipinski definition) is 6. The minimum absolute atomic E-state index is 0.401. The van der Waals surface area contributed by atoms with Crippen LogP contribution in [-0.2, 0) is 10.0 Å². The van der Waals surface area contributed by atoms with E-state index in [4.69, 9.17) is 9.47 Å². The number of anilines is 1. The van der Waals surface area contributed by atoms with Crippen LogP contribution in [0.2, 0.25) is 0 Å². The molecule has 7 nitrogen and oxygen atoms in total. The number of hydrogen-bond donors (Lipinski definition) is 1. The maximum atomic E-state index is 14.3. The van der Waals surface area contributed by atoms with Gasteiger partial charge in [-0.2, -0.15) is 0 Å². The molecule has 0 bridgehead atoms. The molecule has 0 saturated carbocycles. The molecule has 1 N–H and O–H groups in total. The number of rotatable bonds is 7. The SMILES string of the molecule is COc1cc2c(F)cnc(N3CCC(CCNS(C)(=O)=O)CC3)c2cc1OC. The second-order valence-electron chi connectivity index (χ2n) is 7.07. The lowest BCUT2D eigenvalue weighted by molar-refractivity contribution is 0.355. The van der Waals surface area contributed by atoms with Crippen LogP contribution in [-0.4, -0.2) is 53.5 Å². The van der Waals surface area contributed by atoms with Gasteiger partial charge in [0.2, 0.25) is 10.0 Å². The molecule has 1 saturated heterocycles. The molecule has 28 heavy (non-hydrogen) atoms. The summed E-state index contributed by atoms with van der Waals surface area (Å²) in [5, 5.41) is 1.14. The highest BCUT2D eigenvalue weighted by atomic mass is 32.2. The van der Waals surface area contributed by atoms with Crippen LogP contribution >= 0.6 is 0 Å². The third-order valence-corrected chi connectivity index (χ3v) is 5.88. The van der Waals surface area contributed by atoms with Gasteiger partial charge in [-0.05, 0) is 37.3 Å². The van der Waals surface area contributed by atoms with Crippen molar-refractivity contribution in [2.45, 2.75) is 19.3 Å².